The van der Waals surface area contributed by atoms with Gasteiger partial charge in [-0.1, -0.05) is 36.4 Å². The van der Waals surface area contributed by atoms with Gasteiger partial charge >= 0.3 is 6.18 Å². The summed E-state index contributed by atoms with van der Waals surface area (Å²) in [6.07, 6.45) is 4.49. The molecule has 0 saturated heterocycles. The first-order valence-electron chi connectivity index (χ1n) is 9.93. The van der Waals surface area contributed by atoms with Gasteiger partial charge in [0.25, 0.3) is 0 Å². The van der Waals surface area contributed by atoms with E-state index in [-0.39, 0.29) is 0 Å². The van der Waals surface area contributed by atoms with Gasteiger partial charge in [-0.3, -0.25) is 14.9 Å². The van der Waals surface area contributed by atoms with Gasteiger partial charge in [-0.15, -0.1) is 0 Å². The fraction of sp³-hybridized carbons (Fsp3) is 0.250. The summed E-state index contributed by atoms with van der Waals surface area (Å²) < 4.78 is 38.9. The second-order valence-corrected chi connectivity index (χ2v) is 7.40. The van der Waals surface area contributed by atoms with Crippen LogP contribution in [0.5, 0.6) is 0 Å². The fourth-order valence-electron chi connectivity index (χ4n) is 3.69. The van der Waals surface area contributed by atoms with Crippen LogP contribution in [-0.4, -0.2) is 34.5 Å². The number of benzene rings is 2. The number of hydrogen-bond donors (Lipinski definition) is 0. The second-order valence-electron chi connectivity index (χ2n) is 7.40. The van der Waals surface area contributed by atoms with Gasteiger partial charge in [0.05, 0.1) is 17.5 Å². The highest BCUT2D eigenvalue weighted by Crippen LogP contribution is 2.32. The molecular weight excluding hydrogens is 387 g/mol. The highest BCUT2D eigenvalue weighted by Gasteiger charge is 2.30. The summed E-state index contributed by atoms with van der Waals surface area (Å²) >= 11 is 0. The second kappa shape index (κ2) is 8.79. The molecule has 6 heteroatoms. The summed E-state index contributed by atoms with van der Waals surface area (Å²) in [5.74, 6) is 0. The summed E-state index contributed by atoms with van der Waals surface area (Å²) in [4.78, 5) is 10.8. The van der Waals surface area contributed by atoms with Gasteiger partial charge < -0.3 is 0 Å². The first kappa shape index (κ1) is 20.3. The minimum absolute atomic E-state index is 0.591. The average molecular weight is 409 g/mol. The highest BCUT2D eigenvalue weighted by molar-refractivity contribution is 5.67. The zero-order valence-corrected chi connectivity index (χ0v) is 16.4. The Kier molecular flexibility index (Phi) is 5.95. The van der Waals surface area contributed by atoms with Crippen molar-refractivity contribution in [2.75, 3.05) is 19.6 Å². The molecule has 0 unspecified atom stereocenters. The van der Waals surface area contributed by atoms with Crippen LogP contribution in [-0.2, 0) is 12.6 Å². The van der Waals surface area contributed by atoms with Crippen molar-refractivity contribution in [3.05, 3.63) is 89.9 Å². The summed E-state index contributed by atoms with van der Waals surface area (Å²) in [5.41, 5.74) is 4.19. The van der Waals surface area contributed by atoms with Crippen LogP contribution in [0.4, 0.5) is 13.2 Å². The lowest BCUT2D eigenvalue weighted by atomic mass is 9.97. The van der Waals surface area contributed by atoms with Gasteiger partial charge in [0, 0.05) is 37.6 Å². The third-order valence-corrected chi connectivity index (χ3v) is 5.36. The number of aromatic nitrogens is 2. The topological polar surface area (TPSA) is 29.0 Å². The Labute approximate surface area is 173 Å². The molecule has 154 valence electrons. The molecule has 1 aliphatic heterocycles. The molecule has 0 saturated carbocycles. The predicted octanol–water partition coefficient (Wildman–Crippen LogP) is 5.49. The van der Waals surface area contributed by atoms with Crippen molar-refractivity contribution in [2.24, 2.45) is 0 Å². The van der Waals surface area contributed by atoms with Crippen LogP contribution in [0.1, 0.15) is 23.1 Å². The van der Waals surface area contributed by atoms with Gasteiger partial charge in [-0.2, -0.15) is 13.2 Å². The molecule has 0 aliphatic carbocycles. The van der Waals surface area contributed by atoms with Crippen LogP contribution in [0, 0.1) is 0 Å². The van der Waals surface area contributed by atoms with Gasteiger partial charge in [0.15, 0.2) is 0 Å². The molecule has 0 atom stereocenters. The summed E-state index contributed by atoms with van der Waals surface area (Å²) in [6, 6.07) is 13.9. The fourth-order valence-corrected chi connectivity index (χ4v) is 3.69. The molecule has 0 fully saturated rings. The molecule has 0 N–H and O–H groups in total. The van der Waals surface area contributed by atoms with Gasteiger partial charge in [-0.05, 0) is 47.7 Å². The molecule has 0 radical (unpaired) electrons. The number of hydrogen-bond acceptors (Lipinski definition) is 3. The van der Waals surface area contributed by atoms with E-state index in [4.69, 9.17) is 0 Å². The van der Waals surface area contributed by atoms with E-state index in [2.05, 4.69) is 33.1 Å². The third-order valence-electron chi connectivity index (χ3n) is 5.36. The van der Waals surface area contributed by atoms with E-state index in [1.807, 2.05) is 12.1 Å². The van der Waals surface area contributed by atoms with Crippen LogP contribution < -0.4 is 0 Å². The lowest BCUT2D eigenvalue weighted by Crippen LogP contribution is -2.30. The number of alkyl halides is 3. The Bertz CT molecular complexity index is 1030. The molecular formula is C24H22F3N3. The maximum Gasteiger partial charge on any atom is 0.416 e. The maximum absolute atomic E-state index is 13.0. The SMILES string of the molecule is FC(F)(F)c1cccc(C2=CCN(CCc3cccc(-c4cnccn4)c3)CC2)c1. The highest BCUT2D eigenvalue weighted by atomic mass is 19.4. The average Bonchev–Trinajstić information content (AvgIpc) is 2.78. The van der Waals surface area contributed by atoms with Crippen LogP contribution in [0.25, 0.3) is 16.8 Å². The number of halogens is 3. The van der Waals surface area contributed by atoms with Crippen molar-refractivity contribution in [3.63, 3.8) is 0 Å². The van der Waals surface area contributed by atoms with Gasteiger partial charge in [0.2, 0.25) is 0 Å². The molecule has 4 rings (SSSR count). The Morgan fingerprint density at radius 3 is 2.53 bits per heavy atom. The Morgan fingerprint density at radius 1 is 0.967 bits per heavy atom. The Balaban J connectivity index is 1.37. The molecule has 2 aromatic carbocycles. The normalized spacial score (nSPS) is 15.1. The van der Waals surface area contributed by atoms with Crippen molar-refractivity contribution in [2.45, 2.75) is 19.0 Å². The van der Waals surface area contributed by atoms with E-state index >= 15 is 0 Å². The zero-order valence-electron chi connectivity index (χ0n) is 16.4. The molecule has 30 heavy (non-hydrogen) atoms. The van der Waals surface area contributed by atoms with Crippen LogP contribution >= 0.6 is 0 Å². The van der Waals surface area contributed by atoms with Crippen molar-refractivity contribution < 1.29 is 13.2 Å². The molecule has 1 aromatic heterocycles. The van der Waals surface area contributed by atoms with Gasteiger partial charge in [-0.25, -0.2) is 0 Å². The lowest BCUT2D eigenvalue weighted by Gasteiger charge is -2.26. The van der Waals surface area contributed by atoms with E-state index in [9.17, 15) is 13.2 Å². The van der Waals surface area contributed by atoms with Crippen molar-refractivity contribution in [1.82, 2.24) is 14.9 Å². The maximum atomic E-state index is 13.0. The summed E-state index contributed by atoms with van der Waals surface area (Å²) in [7, 11) is 0. The predicted molar refractivity (Wildman–Crippen MR) is 112 cm³/mol. The third kappa shape index (κ3) is 4.94. The lowest BCUT2D eigenvalue weighted by molar-refractivity contribution is -0.137. The van der Waals surface area contributed by atoms with Crippen LogP contribution in [0.15, 0.2) is 73.2 Å². The van der Waals surface area contributed by atoms with E-state index in [1.54, 1.807) is 24.7 Å². The van der Waals surface area contributed by atoms with Crippen LogP contribution in [0.2, 0.25) is 0 Å². The molecule has 0 amide bonds. The monoisotopic (exact) mass is 409 g/mol. The van der Waals surface area contributed by atoms with Gasteiger partial charge in [0.1, 0.15) is 0 Å². The quantitative estimate of drug-likeness (QED) is 0.558. The molecule has 3 aromatic rings. The van der Waals surface area contributed by atoms with E-state index in [1.165, 1.54) is 17.7 Å². The standard InChI is InChI=1S/C24H22F3N3/c25-24(26,27)22-6-2-4-20(16-22)19-8-13-30(14-9-19)12-7-18-3-1-5-21(15-18)23-17-28-10-11-29-23/h1-6,8,10-11,15-17H,7,9,12-14H2. The molecule has 0 spiro atoms. The first-order valence-corrected chi connectivity index (χ1v) is 9.93. The molecule has 3 nitrogen and oxygen atoms in total. The largest absolute Gasteiger partial charge is 0.416 e. The Hall–Kier alpha value is -2.99. The molecule has 2 heterocycles. The first-order chi connectivity index (χ1) is 14.5. The minimum Gasteiger partial charge on any atom is -0.299 e. The minimum atomic E-state index is -4.31. The summed E-state index contributed by atoms with van der Waals surface area (Å²) in [5, 5.41) is 0. The number of rotatable bonds is 5. The molecule has 1 aliphatic rings. The Morgan fingerprint density at radius 2 is 1.80 bits per heavy atom. The van der Waals surface area contributed by atoms with Crippen LogP contribution in [0.3, 0.4) is 0 Å². The summed E-state index contributed by atoms with van der Waals surface area (Å²) in [6.45, 7) is 2.48. The van der Waals surface area contributed by atoms with E-state index in [0.717, 1.165) is 55.4 Å². The van der Waals surface area contributed by atoms with E-state index < -0.39 is 11.7 Å². The van der Waals surface area contributed by atoms with Crippen molar-refractivity contribution in [3.8, 4) is 11.3 Å². The smallest absolute Gasteiger partial charge is 0.299 e. The number of nitrogens with zero attached hydrogens (tertiary/aromatic N) is 3. The van der Waals surface area contributed by atoms with Crippen molar-refractivity contribution >= 4 is 5.57 Å². The zero-order chi connectivity index (χ0) is 21.0. The van der Waals surface area contributed by atoms with Crippen molar-refractivity contribution in [1.29, 1.82) is 0 Å². The van der Waals surface area contributed by atoms with E-state index in [0.29, 0.717) is 5.56 Å². The molecule has 0 bridgehead atoms.